The van der Waals surface area contributed by atoms with E-state index < -0.39 is 11.6 Å². The molecule has 4 heteroatoms. The number of rotatable bonds is 3. The third-order valence-electron chi connectivity index (χ3n) is 2.36. The van der Waals surface area contributed by atoms with Crippen molar-refractivity contribution in [2.24, 2.45) is 0 Å². The molecule has 2 aromatic rings. The number of carbonyl (C=O) groups excluding carboxylic acids is 1. The lowest BCUT2D eigenvalue weighted by molar-refractivity contribution is 0.0525. The summed E-state index contributed by atoms with van der Waals surface area (Å²) in [5.41, 5.74) is 0.419. The Kier molecular flexibility index (Phi) is 3.57. The maximum atomic E-state index is 11.8. The number of carbonyl (C=O) groups is 1. The molecule has 0 atom stereocenters. The summed E-state index contributed by atoms with van der Waals surface area (Å²) in [6.45, 7) is 1.99. The summed E-state index contributed by atoms with van der Waals surface area (Å²) >= 11 is 0. The second-order valence-corrected chi connectivity index (χ2v) is 3.58. The summed E-state index contributed by atoms with van der Waals surface area (Å²) in [4.78, 5) is 23.0. The van der Waals surface area contributed by atoms with E-state index in [1.165, 1.54) is 12.1 Å². The van der Waals surface area contributed by atoms with Crippen molar-refractivity contribution in [2.45, 2.75) is 6.92 Å². The molecule has 0 radical (unpaired) electrons. The van der Waals surface area contributed by atoms with Gasteiger partial charge in [0.15, 0.2) is 5.76 Å². The Morgan fingerprint density at radius 2 is 1.89 bits per heavy atom. The fourth-order valence-corrected chi connectivity index (χ4v) is 1.59. The van der Waals surface area contributed by atoms with Gasteiger partial charge < -0.3 is 9.15 Å². The van der Waals surface area contributed by atoms with Gasteiger partial charge in [0.05, 0.1) is 6.61 Å². The van der Waals surface area contributed by atoms with E-state index in [0.717, 1.165) is 0 Å². The first-order chi connectivity index (χ1) is 8.72. The van der Waals surface area contributed by atoms with Crippen LogP contribution in [-0.2, 0) is 4.74 Å². The van der Waals surface area contributed by atoms with Gasteiger partial charge in [-0.05, 0) is 13.0 Å². The van der Waals surface area contributed by atoms with Crippen LogP contribution in [0.2, 0.25) is 0 Å². The Bertz CT molecular complexity index is 599. The predicted molar refractivity (Wildman–Crippen MR) is 66.4 cm³/mol. The van der Waals surface area contributed by atoms with Crippen molar-refractivity contribution in [3.8, 4) is 11.3 Å². The van der Waals surface area contributed by atoms with Crippen LogP contribution in [0.5, 0.6) is 0 Å². The van der Waals surface area contributed by atoms with Crippen molar-refractivity contribution >= 4 is 5.97 Å². The van der Waals surface area contributed by atoms with Crippen LogP contribution < -0.4 is 5.63 Å². The van der Waals surface area contributed by atoms with E-state index in [0.29, 0.717) is 5.56 Å². The quantitative estimate of drug-likeness (QED) is 0.778. The third kappa shape index (κ3) is 2.48. The summed E-state index contributed by atoms with van der Waals surface area (Å²) in [7, 11) is 0. The third-order valence-corrected chi connectivity index (χ3v) is 2.36. The van der Waals surface area contributed by atoms with Crippen LogP contribution in [0.3, 0.4) is 0 Å². The van der Waals surface area contributed by atoms with E-state index in [1.54, 1.807) is 31.2 Å². The Morgan fingerprint density at radius 1 is 1.17 bits per heavy atom. The minimum atomic E-state index is -0.500. The number of benzene rings is 1. The van der Waals surface area contributed by atoms with Crippen molar-refractivity contribution in [2.75, 3.05) is 6.61 Å². The molecule has 0 saturated carbocycles. The molecule has 18 heavy (non-hydrogen) atoms. The van der Waals surface area contributed by atoms with E-state index in [-0.39, 0.29) is 17.9 Å². The first kappa shape index (κ1) is 12.1. The average molecular weight is 244 g/mol. The zero-order valence-corrected chi connectivity index (χ0v) is 9.88. The molecule has 4 nitrogen and oxygen atoms in total. The molecule has 0 N–H and O–H groups in total. The van der Waals surface area contributed by atoms with E-state index in [9.17, 15) is 9.59 Å². The summed E-state index contributed by atoms with van der Waals surface area (Å²) in [5.74, 6) is -0.262. The molecular formula is C14H12O4. The minimum Gasteiger partial charge on any atom is -0.462 e. The fourth-order valence-electron chi connectivity index (χ4n) is 1.59. The first-order valence-corrected chi connectivity index (χ1v) is 5.59. The second kappa shape index (κ2) is 5.31. The molecule has 1 aromatic heterocycles. The molecule has 0 fully saturated rings. The van der Waals surface area contributed by atoms with Crippen molar-refractivity contribution in [1.82, 2.24) is 0 Å². The van der Waals surface area contributed by atoms with Crippen molar-refractivity contribution in [3.05, 3.63) is 58.4 Å². The Balaban J connectivity index is 2.55. The Hall–Kier alpha value is -2.36. The minimum absolute atomic E-state index is 0.238. The second-order valence-electron chi connectivity index (χ2n) is 3.58. The molecule has 92 valence electrons. The van der Waals surface area contributed by atoms with Gasteiger partial charge in [-0.3, -0.25) is 0 Å². The number of esters is 1. The van der Waals surface area contributed by atoms with Crippen LogP contribution in [0.15, 0.2) is 51.7 Å². The van der Waals surface area contributed by atoms with Gasteiger partial charge in [-0.15, -0.1) is 0 Å². The van der Waals surface area contributed by atoms with Crippen LogP contribution in [0, 0.1) is 0 Å². The molecule has 0 saturated heterocycles. The first-order valence-electron chi connectivity index (χ1n) is 5.59. The number of hydrogen-bond donors (Lipinski definition) is 0. The molecule has 0 unspecified atom stereocenters. The zero-order chi connectivity index (χ0) is 13.0. The lowest BCUT2D eigenvalue weighted by Gasteiger charge is -2.06. The summed E-state index contributed by atoms with van der Waals surface area (Å²) in [5, 5.41) is 0. The number of ether oxygens (including phenoxy) is 1. The topological polar surface area (TPSA) is 56.5 Å². The molecule has 0 amide bonds. The molecule has 1 aromatic carbocycles. The highest BCUT2D eigenvalue weighted by atomic mass is 16.5. The van der Waals surface area contributed by atoms with Gasteiger partial charge >= 0.3 is 11.6 Å². The van der Waals surface area contributed by atoms with Crippen LogP contribution in [-0.4, -0.2) is 12.6 Å². The van der Waals surface area contributed by atoms with Crippen LogP contribution >= 0.6 is 0 Å². The highest BCUT2D eigenvalue weighted by molar-refractivity contribution is 5.95. The van der Waals surface area contributed by atoms with Crippen molar-refractivity contribution in [3.63, 3.8) is 0 Å². The van der Waals surface area contributed by atoms with E-state index in [2.05, 4.69) is 0 Å². The highest BCUT2D eigenvalue weighted by Gasteiger charge is 2.16. The van der Waals surface area contributed by atoms with Crippen molar-refractivity contribution < 1.29 is 13.9 Å². The molecular weight excluding hydrogens is 232 g/mol. The highest BCUT2D eigenvalue weighted by Crippen LogP contribution is 2.22. The Labute approximate surface area is 104 Å². The molecule has 2 rings (SSSR count). The normalized spacial score (nSPS) is 10.1. The lowest BCUT2D eigenvalue weighted by Crippen LogP contribution is -2.09. The fraction of sp³-hybridized carbons (Fsp3) is 0.143. The molecule has 0 aliphatic rings. The van der Waals surface area contributed by atoms with E-state index in [1.807, 2.05) is 6.07 Å². The van der Waals surface area contributed by atoms with Gasteiger partial charge in [0.1, 0.15) is 5.56 Å². The van der Waals surface area contributed by atoms with Crippen LogP contribution in [0.4, 0.5) is 0 Å². The van der Waals surface area contributed by atoms with Gasteiger partial charge in [-0.2, -0.15) is 0 Å². The summed E-state index contributed by atoms with van der Waals surface area (Å²) < 4.78 is 10.0. The van der Waals surface area contributed by atoms with Gasteiger partial charge in [0.2, 0.25) is 0 Å². The monoisotopic (exact) mass is 244 g/mol. The van der Waals surface area contributed by atoms with Gasteiger partial charge in [0.25, 0.3) is 0 Å². The summed E-state index contributed by atoms with van der Waals surface area (Å²) in [6, 6.07) is 11.6. The molecule has 0 aliphatic carbocycles. The van der Waals surface area contributed by atoms with Gasteiger partial charge in [0, 0.05) is 11.6 Å². The van der Waals surface area contributed by atoms with Crippen LogP contribution in [0.25, 0.3) is 11.3 Å². The maximum absolute atomic E-state index is 11.8. The smallest absolute Gasteiger partial charge is 0.341 e. The standard InChI is InChI=1S/C14H12O4/c1-2-17-14(16)11-8-9-12(15)18-13(11)10-6-4-3-5-7-10/h3-9H,2H2,1H3. The molecule has 0 aliphatic heterocycles. The van der Waals surface area contributed by atoms with Gasteiger partial charge in [-0.25, -0.2) is 9.59 Å². The van der Waals surface area contributed by atoms with Crippen molar-refractivity contribution in [1.29, 1.82) is 0 Å². The zero-order valence-electron chi connectivity index (χ0n) is 9.88. The Morgan fingerprint density at radius 3 is 2.56 bits per heavy atom. The predicted octanol–water partition coefficient (Wildman–Crippen LogP) is 2.48. The average Bonchev–Trinajstić information content (AvgIpc) is 2.40. The van der Waals surface area contributed by atoms with Crippen LogP contribution in [0.1, 0.15) is 17.3 Å². The molecule has 0 bridgehead atoms. The SMILES string of the molecule is CCOC(=O)c1ccc(=O)oc1-c1ccccc1. The maximum Gasteiger partial charge on any atom is 0.341 e. The van der Waals surface area contributed by atoms with Gasteiger partial charge in [-0.1, -0.05) is 30.3 Å². The number of hydrogen-bond acceptors (Lipinski definition) is 4. The molecule has 1 heterocycles. The van der Waals surface area contributed by atoms with E-state index in [4.69, 9.17) is 9.15 Å². The lowest BCUT2D eigenvalue weighted by atomic mass is 10.1. The summed E-state index contributed by atoms with van der Waals surface area (Å²) in [6.07, 6.45) is 0. The molecule has 0 spiro atoms. The van der Waals surface area contributed by atoms with E-state index >= 15 is 0 Å². The largest absolute Gasteiger partial charge is 0.462 e.